The lowest BCUT2D eigenvalue weighted by molar-refractivity contribution is 0.504. The smallest absolute Gasteiger partial charge is 0.185 e. The fourth-order valence-electron chi connectivity index (χ4n) is 1.31. The average molecular weight is 130 g/mol. The minimum absolute atomic E-state index is 1.15. The maximum absolute atomic E-state index is 9.51. The van der Waals surface area contributed by atoms with Gasteiger partial charge in [-0.1, -0.05) is 19.3 Å². The molecule has 1 rings (SSSR count). The summed E-state index contributed by atoms with van der Waals surface area (Å²) in [5, 5.41) is 0. The number of hydrogen-bond acceptors (Lipinski definition) is 1. The molecule has 0 aromatic carbocycles. The van der Waals surface area contributed by atoms with Crippen molar-refractivity contribution < 1.29 is 4.80 Å². The highest BCUT2D eigenvalue weighted by atomic mass is 28.4. The van der Waals surface area contributed by atoms with Crippen LogP contribution in [0, 0.1) is 0 Å². The Morgan fingerprint density at radius 2 is 1.62 bits per heavy atom. The molecule has 0 spiro atoms. The minimum Gasteiger partial charge on any atom is -0.432 e. The van der Waals surface area contributed by atoms with Crippen molar-refractivity contribution in [2.24, 2.45) is 0 Å². The van der Waals surface area contributed by atoms with E-state index in [0.717, 1.165) is 12.1 Å². The summed E-state index contributed by atoms with van der Waals surface area (Å²) in [7, 11) is -1.59. The first-order valence-electron chi connectivity index (χ1n) is 3.43. The molecule has 0 unspecified atom stereocenters. The van der Waals surface area contributed by atoms with Crippen LogP contribution in [-0.4, -0.2) is 13.1 Å². The standard InChI is InChI=1S/C6H14OSi/c1-8(7)5-3-2-4-6-8/h7H,2-6H2,1H3. The van der Waals surface area contributed by atoms with E-state index < -0.39 is 8.32 Å². The van der Waals surface area contributed by atoms with Crippen LogP contribution in [0.3, 0.4) is 0 Å². The Morgan fingerprint density at radius 1 is 1.12 bits per heavy atom. The summed E-state index contributed by atoms with van der Waals surface area (Å²) in [6, 6.07) is 2.29. The Morgan fingerprint density at radius 3 is 1.88 bits per heavy atom. The molecule has 1 nitrogen and oxygen atoms in total. The molecular formula is C6H14OSi. The molecule has 1 N–H and O–H groups in total. The van der Waals surface area contributed by atoms with Gasteiger partial charge in [-0.15, -0.1) is 0 Å². The summed E-state index contributed by atoms with van der Waals surface area (Å²) in [6.07, 6.45) is 3.90. The van der Waals surface area contributed by atoms with Crippen LogP contribution in [0.25, 0.3) is 0 Å². The first-order valence-corrected chi connectivity index (χ1v) is 6.29. The van der Waals surface area contributed by atoms with Gasteiger partial charge in [0.2, 0.25) is 0 Å². The summed E-state index contributed by atoms with van der Waals surface area (Å²) < 4.78 is 0. The van der Waals surface area contributed by atoms with Crippen LogP contribution in [0.15, 0.2) is 0 Å². The summed E-state index contributed by atoms with van der Waals surface area (Å²) in [5.41, 5.74) is 0. The highest BCUT2D eigenvalue weighted by molar-refractivity contribution is 6.71. The van der Waals surface area contributed by atoms with Gasteiger partial charge in [0.05, 0.1) is 0 Å². The Balaban J connectivity index is 2.33. The SMILES string of the molecule is C[Si]1(O)CCCCC1. The first-order chi connectivity index (χ1) is 3.71. The third-order valence-electron chi connectivity index (χ3n) is 1.93. The average Bonchev–Trinajstić information content (AvgIpc) is 1.65. The van der Waals surface area contributed by atoms with Crippen LogP contribution in [0.5, 0.6) is 0 Å². The van der Waals surface area contributed by atoms with Crippen molar-refractivity contribution in [2.75, 3.05) is 0 Å². The quantitative estimate of drug-likeness (QED) is 0.495. The van der Waals surface area contributed by atoms with Crippen LogP contribution in [0.2, 0.25) is 18.6 Å². The summed E-state index contributed by atoms with van der Waals surface area (Å²) in [4.78, 5) is 9.51. The molecule has 0 saturated carbocycles. The maximum atomic E-state index is 9.51. The van der Waals surface area contributed by atoms with Crippen LogP contribution in [0.1, 0.15) is 19.3 Å². The van der Waals surface area contributed by atoms with Gasteiger partial charge in [-0.05, 0) is 18.6 Å². The Kier molecular flexibility index (Phi) is 1.73. The molecule has 0 amide bonds. The van der Waals surface area contributed by atoms with Gasteiger partial charge < -0.3 is 4.80 Å². The summed E-state index contributed by atoms with van der Waals surface area (Å²) in [6.45, 7) is 2.08. The monoisotopic (exact) mass is 130 g/mol. The molecule has 1 aliphatic rings. The molecular weight excluding hydrogens is 116 g/mol. The largest absolute Gasteiger partial charge is 0.432 e. The third kappa shape index (κ3) is 1.60. The molecule has 1 saturated heterocycles. The minimum atomic E-state index is -1.59. The van der Waals surface area contributed by atoms with Crippen molar-refractivity contribution in [2.45, 2.75) is 37.9 Å². The van der Waals surface area contributed by atoms with Crippen molar-refractivity contribution >= 4 is 8.32 Å². The van der Waals surface area contributed by atoms with Crippen molar-refractivity contribution in [3.05, 3.63) is 0 Å². The predicted octanol–water partition coefficient (Wildman–Crippen LogP) is 1.74. The van der Waals surface area contributed by atoms with Gasteiger partial charge in [-0.2, -0.15) is 0 Å². The van der Waals surface area contributed by atoms with Crippen molar-refractivity contribution in [3.63, 3.8) is 0 Å². The molecule has 2 heteroatoms. The highest BCUT2D eigenvalue weighted by Crippen LogP contribution is 2.25. The van der Waals surface area contributed by atoms with E-state index in [1.165, 1.54) is 19.3 Å². The topological polar surface area (TPSA) is 20.2 Å². The molecule has 0 aliphatic carbocycles. The van der Waals surface area contributed by atoms with Crippen molar-refractivity contribution in [1.82, 2.24) is 0 Å². The first kappa shape index (κ1) is 6.30. The van der Waals surface area contributed by atoms with Gasteiger partial charge in [0.15, 0.2) is 8.32 Å². The number of hydrogen-bond donors (Lipinski definition) is 1. The van der Waals surface area contributed by atoms with E-state index in [9.17, 15) is 4.80 Å². The lowest BCUT2D eigenvalue weighted by Gasteiger charge is -2.24. The Labute approximate surface area is 51.9 Å². The zero-order chi connectivity index (χ0) is 6.04. The molecule has 0 aromatic rings. The molecule has 0 bridgehead atoms. The molecule has 0 radical (unpaired) electrons. The van der Waals surface area contributed by atoms with E-state index in [0.29, 0.717) is 0 Å². The highest BCUT2D eigenvalue weighted by Gasteiger charge is 2.26. The normalized spacial score (nSPS) is 27.8. The molecule has 0 atom stereocenters. The van der Waals surface area contributed by atoms with Crippen molar-refractivity contribution in [1.29, 1.82) is 0 Å². The molecule has 1 heterocycles. The van der Waals surface area contributed by atoms with Gasteiger partial charge in [-0.3, -0.25) is 0 Å². The summed E-state index contributed by atoms with van der Waals surface area (Å²) in [5.74, 6) is 0. The van der Waals surface area contributed by atoms with E-state index in [1.807, 2.05) is 0 Å². The lowest BCUT2D eigenvalue weighted by Crippen LogP contribution is -2.31. The zero-order valence-electron chi connectivity index (χ0n) is 5.48. The second kappa shape index (κ2) is 2.19. The second-order valence-corrected chi connectivity index (χ2v) is 7.05. The fraction of sp³-hybridized carbons (Fsp3) is 1.00. The Hall–Kier alpha value is 0.177. The Bertz CT molecular complexity index is 72.6. The maximum Gasteiger partial charge on any atom is 0.185 e. The lowest BCUT2D eigenvalue weighted by atomic mass is 10.3. The molecule has 8 heavy (non-hydrogen) atoms. The second-order valence-electron chi connectivity index (χ2n) is 3.06. The molecule has 0 aromatic heterocycles. The third-order valence-corrected chi connectivity index (χ3v) is 4.79. The molecule has 1 fully saturated rings. The van der Waals surface area contributed by atoms with Gasteiger partial charge >= 0.3 is 0 Å². The fourth-order valence-corrected chi connectivity index (χ4v) is 3.59. The van der Waals surface area contributed by atoms with Gasteiger partial charge in [0.1, 0.15) is 0 Å². The van der Waals surface area contributed by atoms with E-state index in [2.05, 4.69) is 6.55 Å². The van der Waals surface area contributed by atoms with E-state index in [1.54, 1.807) is 0 Å². The summed E-state index contributed by atoms with van der Waals surface area (Å²) >= 11 is 0. The van der Waals surface area contributed by atoms with Crippen LogP contribution in [0.4, 0.5) is 0 Å². The van der Waals surface area contributed by atoms with Crippen LogP contribution < -0.4 is 0 Å². The molecule has 48 valence electrons. The van der Waals surface area contributed by atoms with Gasteiger partial charge in [0, 0.05) is 0 Å². The van der Waals surface area contributed by atoms with E-state index in [4.69, 9.17) is 0 Å². The van der Waals surface area contributed by atoms with Crippen LogP contribution in [-0.2, 0) is 0 Å². The molecule has 1 aliphatic heterocycles. The van der Waals surface area contributed by atoms with E-state index in [-0.39, 0.29) is 0 Å². The zero-order valence-corrected chi connectivity index (χ0v) is 6.48. The van der Waals surface area contributed by atoms with Gasteiger partial charge in [0.25, 0.3) is 0 Å². The predicted molar refractivity (Wildman–Crippen MR) is 37.3 cm³/mol. The van der Waals surface area contributed by atoms with Gasteiger partial charge in [-0.25, -0.2) is 0 Å². The van der Waals surface area contributed by atoms with Crippen molar-refractivity contribution in [3.8, 4) is 0 Å². The number of rotatable bonds is 0. The van der Waals surface area contributed by atoms with Crippen LogP contribution >= 0.6 is 0 Å². The van der Waals surface area contributed by atoms with E-state index >= 15 is 0 Å².